The van der Waals surface area contributed by atoms with E-state index in [4.69, 9.17) is 5.11 Å². The van der Waals surface area contributed by atoms with Crippen LogP contribution in [0.4, 0.5) is 15.8 Å². The number of carbonyl (C=O) groups excluding carboxylic acids is 1. The summed E-state index contributed by atoms with van der Waals surface area (Å²) in [6.07, 6.45) is 0. The molecule has 1 aliphatic carbocycles. The van der Waals surface area contributed by atoms with Crippen molar-refractivity contribution in [2.45, 2.75) is 13.8 Å². The number of carboxylic acid groups (broad SMARTS) is 1. The van der Waals surface area contributed by atoms with Gasteiger partial charge in [0.25, 0.3) is 5.69 Å². The highest BCUT2D eigenvalue weighted by Gasteiger charge is 2.66. The second-order valence-electron chi connectivity index (χ2n) is 5.52. The molecule has 8 heteroatoms. The van der Waals surface area contributed by atoms with Crippen LogP contribution in [0.2, 0.25) is 0 Å². The Morgan fingerprint density at radius 2 is 2.00 bits per heavy atom. The summed E-state index contributed by atoms with van der Waals surface area (Å²) in [6.45, 7) is 3.24. The van der Waals surface area contributed by atoms with Gasteiger partial charge < -0.3 is 10.4 Å². The average Bonchev–Trinajstić information content (AvgIpc) is 2.92. The number of nitrogens with one attached hydrogen (secondary N) is 1. The molecular formula is C13H13FN2O5. The first kappa shape index (κ1) is 14.9. The maximum absolute atomic E-state index is 13.2. The fraction of sp³-hybridized carbons (Fsp3) is 0.385. The minimum absolute atomic E-state index is 0.281. The number of carbonyl (C=O) groups is 2. The zero-order valence-electron chi connectivity index (χ0n) is 11.3. The third-order valence-electron chi connectivity index (χ3n) is 3.79. The first-order valence-corrected chi connectivity index (χ1v) is 6.14. The zero-order valence-corrected chi connectivity index (χ0v) is 11.3. The Hall–Kier alpha value is -2.51. The molecule has 0 bridgehead atoms. The van der Waals surface area contributed by atoms with Gasteiger partial charge >= 0.3 is 5.97 Å². The molecule has 0 aromatic heterocycles. The van der Waals surface area contributed by atoms with E-state index < -0.39 is 45.6 Å². The van der Waals surface area contributed by atoms with Crippen LogP contribution < -0.4 is 5.32 Å². The molecule has 1 amide bonds. The lowest BCUT2D eigenvalue weighted by Crippen LogP contribution is -2.18. The van der Waals surface area contributed by atoms with Gasteiger partial charge in [-0.15, -0.1) is 0 Å². The molecule has 112 valence electrons. The number of hydrogen-bond acceptors (Lipinski definition) is 4. The molecule has 1 aliphatic rings. The largest absolute Gasteiger partial charge is 0.481 e. The SMILES string of the molecule is CC1(C)[C@H](C(=O)O)[C@@H]1C(=O)Nc1cc(F)ccc1[N+](=O)[O-]. The molecule has 2 rings (SSSR count). The Morgan fingerprint density at radius 1 is 1.38 bits per heavy atom. The third kappa shape index (κ3) is 2.56. The van der Waals surface area contributed by atoms with Crippen LogP contribution in [-0.4, -0.2) is 21.9 Å². The van der Waals surface area contributed by atoms with Gasteiger partial charge in [-0.1, -0.05) is 13.8 Å². The monoisotopic (exact) mass is 296 g/mol. The van der Waals surface area contributed by atoms with Gasteiger partial charge in [-0.05, 0) is 11.5 Å². The van der Waals surface area contributed by atoms with Crippen LogP contribution in [0.25, 0.3) is 0 Å². The van der Waals surface area contributed by atoms with Gasteiger partial charge in [-0.25, -0.2) is 4.39 Å². The molecule has 21 heavy (non-hydrogen) atoms. The maximum atomic E-state index is 13.2. The Kier molecular flexibility index (Phi) is 3.40. The molecule has 2 N–H and O–H groups in total. The summed E-state index contributed by atoms with van der Waals surface area (Å²) < 4.78 is 13.2. The standard InChI is InChI=1S/C13H13FN2O5/c1-13(2)9(10(13)12(18)19)11(17)15-7-5-6(14)3-4-8(7)16(20)21/h3-5,9-10H,1-2H3,(H,15,17)(H,18,19)/t9-,10+/m1/s1. The van der Waals surface area contributed by atoms with Gasteiger partial charge in [-0.3, -0.25) is 19.7 Å². The van der Waals surface area contributed by atoms with E-state index in [1.165, 1.54) is 0 Å². The van der Waals surface area contributed by atoms with Crippen molar-refractivity contribution in [1.29, 1.82) is 0 Å². The molecule has 1 saturated carbocycles. The maximum Gasteiger partial charge on any atom is 0.307 e. The number of amides is 1. The number of rotatable bonds is 4. The van der Waals surface area contributed by atoms with Crippen molar-refractivity contribution >= 4 is 23.3 Å². The predicted octanol–water partition coefficient (Wildman–Crippen LogP) is 2.03. The van der Waals surface area contributed by atoms with Gasteiger partial charge in [0.05, 0.1) is 16.8 Å². The summed E-state index contributed by atoms with van der Waals surface area (Å²) in [5.41, 5.74) is -1.47. The molecule has 0 unspecified atom stereocenters. The minimum Gasteiger partial charge on any atom is -0.481 e. The number of nitro benzene ring substituents is 1. The normalized spacial score (nSPS) is 22.4. The molecular weight excluding hydrogens is 283 g/mol. The molecule has 1 fully saturated rings. The molecule has 1 aromatic rings. The second kappa shape index (κ2) is 4.80. The van der Waals surface area contributed by atoms with Gasteiger partial charge in [0, 0.05) is 12.1 Å². The fourth-order valence-electron chi connectivity index (χ4n) is 2.57. The first-order valence-electron chi connectivity index (χ1n) is 6.14. The van der Waals surface area contributed by atoms with Crippen molar-refractivity contribution in [2.24, 2.45) is 17.3 Å². The topological polar surface area (TPSA) is 110 Å². The van der Waals surface area contributed by atoms with E-state index in [1.54, 1.807) is 13.8 Å². The van der Waals surface area contributed by atoms with E-state index in [-0.39, 0.29) is 5.69 Å². The number of nitro groups is 1. The van der Waals surface area contributed by atoms with Crippen LogP contribution in [0.5, 0.6) is 0 Å². The Bertz CT molecular complexity index is 643. The number of hydrogen-bond donors (Lipinski definition) is 2. The van der Waals surface area contributed by atoms with Gasteiger partial charge in [0.15, 0.2) is 0 Å². The molecule has 7 nitrogen and oxygen atoms in total. The lowest BCUT2D eigenvalue weighted by atomic mass is 10.1. The summed E-state index contributed by atoms with van der Waals surface area (Å²) in [5, 5.41) is 22.1. The summed E-state index contributed by atoms with van der Waals surface area (Å²) >= 11 is 0. The summed E-state index contributed by atoms with van der Waals surface area (Å²) in [7, 11) is 0. The lowest BCUT2D eigenvalue weighted by molar-refractivity contribution is -0.384. The van der Waals surface area contributed by atoms with Crippen molar-refractivity contribution in [3.8, 4) is 0 Å². The zero-order chi connectivity index (χ0) is 15.9. The average molecular weight is 296 g/mol. The highest BCUT2D eigenvalue weighted by atomic mass is 19.1. The van der Waals surface area contributed by atoms with Crippen LogP contribution in [-0.2, 0) is 9.59 Å². The lowest BCUT2D eigenvalue weighted by Gasteiger charge is -2.07. The van der Waals surface area contributed by atoms with Crippen LogP contribution in [0.1, 0.15) is 13.8 Å². The van der Waals surface area contributed by atoms with Crippen LogP contribution >= 0.6 is 0 Å². The van der Waals surface area contributed by atoms with Gasteiger partial charge in [0.2, 0.25) is 5.91 Å². The Balaban J connectivity index is 2.24. The quantitative estimate of drug-likeness (QED) is 0.652. The van der Waals surface area contributed by atoms with Crippen molar-refractivity contribution < 1.29 is 24.0 Å². The van der Waals surface area contributed by atoms with Crippen LogP contribution in [0.15, 0.2) is 18.2 Å². The Labute approximate surface area is 118 Å². The van der Waals surface area contributed by atoms with Crippen molar-refractivity contribution in [3.63, 3.8) is 0 Å². The smallest absolute Gasteiger partial charge is 0.307 e. The molecule has 0 saturated heterocycles. The number of anilines is 1. The Morgan fingerprint density at radius 3 is 2.48 bits per heavy atom. The summed E-state index contributed by atoms with van der Waals surface area (Å²) in [4.78, 5) is 33.2. The van der Waals surface area contributed by atoms with E-state index in [0.717, 1.165) is 18.2 Å². The highest BCUT2D eigenvalue weighted by Crippen LogP contribution is 2.58. The number of aliphatic carboxylic acids is 1. The molecule has 1 aromatic carbocycles. The number of benzene rings is 1. The van der Waals surface area contributed by atoms with E-state index in [0.29, 0.717) is 0 Å². The molecule has 0 aliphatic heterocycles. The van der Waals surface area contributed by atoms with Crippen molar-refractivity contribution in [1.82, 2.24) is 0 Å². The molecule has 0 heterocycles. The molecule has 0 spiro atoms. The van der Waals surface area contributed by atoms with Gasteiger partial charge in [-0.2, -0.15) is 0 Å². The minimum atomic E-state index is -1.10. The highest BCUT2D eigenvalue weighted by molar-refractivity contribution is 6.00. The molecule has 2 atom stereocenters. The van der Waals surface area contributed by atoms with Crippen LogP contribution in [0, 0.1) is 33.2 Å². The predicted molar refractivity (Wildman–Crippen MR) is 70.1 cm³/mol. The molecule has 0 radical (unpaired) electrons. The van der Waals surface area contributed by atoms with Crippen molar-refractivity contribution in [2.75, 3.05) is 5.32 Å². The number of nitrogens with zero attached hydrogens (tertiary/aromatic N) is 1. The van der Waals surface area contributed by atoms with E-state index in [2.05, 4.69) is 5.32 Å². The first-order chi connectivity index (χ1) is 9.66. The number of halogens is 1. The third-order valence-corrected chi connectivity index (χ3v) is 3.79. The second-order valence-corrected chi connectivity index (χ2v) is 5.52. The van der Waals surface area contributed by atoms with E-state index in [1.807, 2.05) is 0 Å². The van der Waals surface area contributed by atoms with Crippen molar-refractivity contribution in [3.05, 3.63) is 34.1 Å². The van der Waals surface area contributed by atoms with E-state index >= 15 is 0 Å². The summed E-state index contributed by atoms with van der Waals surface area (Å²) in [6, 6.07) is 2.69. The number of carboxylic acids is 1. The van der Waals surface area contributed by atoms with E-state index in [9.17, 15) is 24.1 Å². The van der Waals surface area contributed by atoms with Crippen LogP contribution in [0.3, 0.4) is 0 Å². The fourth-order valence-corrected chi connectivity index (χ4v) is 2.57. The summed E-state index contributed by atoms with van der Waals surface area (Å²) in [5.74, 6) is -4.17. The van der Waals surface area contributed by atoms with Gasteiger partial charge in [0.1, 0.15) is 11.5 Å².